The van der Waals surface area contributed by atoms with E-state index in [2.05, 4.69) is 39.0 Å². The molecule has 2 heterocycles. The summed E-state index contributed by atoms with van der Waals surface area (Å²) in [5, 5.41) is 6.31. The second-order valence-electron chi connectivity index (χ2n) is 6.53. The first kappa shape index (κ1) is 21.7. The van der Waals surface area contributed by atoms with Gasteiger partial charge in [-0.1, -0.05) is 13.8 Å². The summed E-state index contributed by atoms with van der Waals surface area (Å²) >= 11 is 0. The highest BCUT2D eigenvalue weighted by Crippen LogP contribution is 2.07. The minimum absolute atomic E-state index is 0. The normalized spacial score (nSPS) is 14.6. The Kier molecular flexibility index (Phi) is 9.84. The number of carbonyl (C=O) groups excluding carboxylic acids is 1. The summed E-state index contributed by atoms with van der Waals surface area (Å²) in [7, 11) is 0. The van der Waals surface area contributed by atoms with Crippen molar-refractivity contribution in [3.05, 3.63) is 18.2 Å². The number of amides is 1. The highest BCUT2D eigenvalue weighted by molar-refractivity contribution is 14.0. The minimum Gasteiger partial charge on any atom is -0.357 e. The van der Waals surface area contributed by atoms with Gasteiger partial charge in [0.25, 0.3) is 0 Å². The van der Waals surface area contributed by atoms with Crippen molar-refractivity contribution in [2.24, 2.45) is 10.9 Å². The van der Waals surface area contributed by atoms with Crippen LogP contribution in [0.5, 0.6) is 0 Å². The van der Waals surface area contributed by atoms with Crippen LogP contribution < -0.4 is 10.6 Å². The molecule has 0 aromatic carbocycles. The molecule has 0 bridgehead atoms. The van der Waals surface area contributed by atoms with Gasteiger partial charge in [0.2, 0.25) is 5.91 Å². The SMILES string of the molecule is CCNC(=NCc1nccn1CC(C)C)NCC(=O)N1CCCC1.I. The van der Waals surface area contributed by atoms with Crippen molar-refractivity contribution < 1.29 is 4.79 Å². The maximum absolute atomic E-state index is 12.1. The number of halogens is 1. The molecule has 0 atom stereocenters. The van der Waals surface area contributed by atoms with Gasteiger partial charge >= 0.3 is 0 Å². The van der Waals surface area contributed by atoms with Gasteiger partial charge in [-0.15, -0.1) is 24.0 Å². The molecule has 0 spiro atoms. The Labute approximate surface area is 167 Å². The zero-order valence-electron chi connectivity index (χ0n) is 15.5. The molecule has 1 saturated heterocycles. The lowest BCUT2D eigenvalue weighted by atomic mass is 10.2. The third-order valence-corrected chi connectivity index (χ3v) is 3.95. The van der Waals surface area contributed by atoms with Gasteiger partial charge in [0.1, 0.15) is 12.4 Å². The fourth-order valence-electron chi connectivity index (χ4n) is 2.78. The molecule has 0 aliphatic carbocycles. The number of aliphatic imine (C=N–C) groups is 1. The van der Waals surface area contributed by atoms with Crippen LogP contribution in [0.1, 0.15) is 39.4 Å². The van der Waals surface area contributed by atoms with Crippen molar-refractivity contribution in [2.75, 3.05) is 26.2 Å². The largest absolute Gasteiger partial charge is 0.357 e. The Morgan fingerprint density at radius 2 is 2.04 bits per heavy atom. The van der Waals surface area contributed by atoms with Gasteiger partial charge in [-0.2, -0.15) is 0 Å². The molecule has 7 nitrogen and oxygen atoms in total. The van der Waals surface area contributed by atoms with Crippen molar-refractivity contribution in [3.63, 3.8) is 0 Å². The van der Waals surface area contributed by atoms with Crippen LogP contribution in [0.25, 0.3) is 0 Å². The van der Waals surface area contributed by atoms with Crippen LogP contribution in [-0.4, -0.2) is 52.5 Å². The molecule has 1 aliphatic heterocycles. The zero-order chi connectivity index (χ0) is 17.4. The Morgan fingerprint density at radius 1 is 1.32 bits per heavy atom. The number of carbonyl (C=O) groups is 1. The Bertz CT molecular complexity index is 551. The lowest BCUT2D eigenvalue weighted by molar-refractivity contribution is -0.128. The summed E-state index contributed by atoms with van der Waals surface area (Å²) in [4.78, 5) is 23.0. The molecule has 2 N–H and O–H groups in total. The fourth-order valence-corrected chi connectivity index (χ4v) is 2.78. The van der Waals surface area contributed by atoms with Crippen LogP contribution in [0, 0.1) is 5.92 Å². The van der Waals surface area contributed by atoms with Crippen molar-refractivity contribution >= 4 is 35.8 Å². The molecule has 1 aromatic rings. The van der Waals surface area contributed by atoms with Gasteiger partial charge in [-0.25, -0.2) is 9.98 Å². The Morgan fingerprint density at radius 3 is 2.68 bits per heavy atom. The highest BCUT2D eigenvalue weighted by atomic mass is 127. The number of hydrogen-bond donors (Lipinski definition) is 2. The van der Waals surface area contributed by atoms with Crippen LogP contribution in [0.15, 0.2) is 17.4 Å². The number of likely N-dealkylation sites (tertiary alicyclic amines) is 1. The van der Waals surface area contributed by atoms with E-state index in [1.807, 2.05) is 24.2 Å². The van der Waals surface area contributed by atoms with Gasteiger partial charge < -0.3 is 20.1 Å². The molecule has 0 radical (unpaired) electrons. The van der Waals surface area contributed by atoms with Crippen LogP contribution in [0.3, 0.4) is 0 Å². The van der Waals surface area contributed by atoms with Crippen molar-refractivity contribution in [1.29, 1.82) is 0 Å². The first-order chi connectivity index (χ1) is 11.6. The van der Waals surface area contributed by atoms with Gasteiger partial charge in [0.05, 0.1) is 6.54 Å². The minimum atomic E-state index is 0. The molecule has 25 heavy (non-hydrogen) atoms. The number of hydrogen-bond acceptors (Lipinski definition) is 3. The van der Waals surface area contributed by atoms with Crippen molar-refractivity contribution in [3.8, 4) is 0 Å². The number of nitrogens with one attached hydrogen (secondary N) is 2. The van der Waals surface area contributed by atoms with Crippen LogP contribution >= 0.6 is 24.0 Å². The molecule has 0 unspecified atom stereocenters. The topological polar surface area (TPSA) is 74.5 Å². The number of aromatic nitrogens is 2. The quantitative estimate of drug-likeness (QED) is 0.369. The maximum Gasteiger partial charge on any atom is 0.241 e. The van der Waals surface area contributed by atoms with E-state index in [0.29, 0.717) is 18.4 Å². The number of imidazole rings is 1. The second kappa shape index (κ2) is 11.3. The summed E-state index contributed by atoms with van der Waals surface area (Å²) in [6, 6.07) is 0. The summed E-state index contributed by atoms with van der Waals surface area (Å²) < 4.78 is 2.13. The van der Waals surface area contributed by atoms with E-state index >= 15 is 0 Å². The predicted molar refractivity (Wildman–Crippen MR) is 111 cm³/mol. The van der Waals surface area contributed by atoms with Gasteiger partial charge in [0.15, 0.2) is 5.96 Å². The summed E-state index contributed by atoms with van der Waals surface area (Å²) in [5.41, 5.74) is 0. The number of rotatable bonds is 7. The Balaban J connectivity index is 0.00000312. The van der Waals surface area contributed by atoms with E-state index in [1.165, 1.54) is 0 Å². The van der Waals surface area contributed by atoms with E-state index in [9.17, 15) is 4.79 Å². The zero-order valence-corrected chi connectivity index (χ0v) is 17.8. The molecule has 1 aromatic heterocycles. The average molecular weight is 462 g/mol. The summed E-state index contributed by atoms with van der Waals surface area (Å²) in [6.45, 7) is 10.6. The smallest absolute Gasteiger partial charge is 0.241 e. The first-order valence-electron chi connectivity index (χ1n) is 8.90. The molecular weight excluding hydrogens is 431 g/mol. The van der Waals surface area contributed by atoms with Crippen LogP contribution in [0.4, 0.5) is 0 Å². The molecule has 0 saturated carbocycles. The first-order valence-corrected chi connectivity index (χ1v) is 8.90. The van der Waals surface area contributed by atoms with Gasteiger partial charge in [0, 0.05) is 38.6 Å². The third kappa shape index (κ3) is 7.21. The van der Waals surface area contributed by atoms with Crippen molar-refractivity contribution in [1.82, 2.24) is 25.1 Å². The number of guanidine groups is 1. The molecule has 1 aliphatic rings. The standard InChI is InChI=1S/C17H30N6O.HI/c1-4-18-17(21-12-16(24)22-8-5-6-9-22)20-11-15-19-7-10-23(15)13-14(2)3;/h7,10,14H,4-6,8-9,11-13H2,1-3H3,(H2,18,20,21);1H. The number of nitrogens with zero attached hydrogens (tertiary/aromatic N) is 4. The molecule has 1 fully saturated rings. The highest BCUT2D eigenvalue weighted by Gasteiger charge is 2.17. The lowest BCUT2D eigenvalue weighted by Gasteiger charge is -2.17. The summed E-state index contributed by atoms with van der Waals surface area (Å²) in [6.07, 6.45) is 6.02. The molecule has 2 rings (SSSR count). The third-order valence-electron chi connectivity index (χ3n) is 3.95. The van der Waals surface area contributed by atoms with E-state index in [0.717, 1.165) is 44.8 Å². The average Bonchev–Trinajstić information content (AvgIpc) is 3.21. The van der Waals surface area contributed by atoms with E-state index in [-0.39, 0.29) is 36.4 Å². The lowest BCUT2D eigenvalue weighted by Crippen LogP contribution is -2.44. The van der Waals surface area contributed by atoms with Crippen LogP contribution in [0.2, 0.25) is 0 Å². The monoisotopic (exact) mass is 462 g/mol. The predicted octanol–water partition coefficient (Wildman–Crippen LogP) is 1.83. The second-order valence-corrected chi connectivity index (χ2v) is 6.53. The van der Waals surface area contributed by atoms with Gasteiger partial charge in [-0.3, -0.25) is 4.79 Å². The van der Waals surface area contributed by atoms with Crippen LogP contribution in [-0.2, 0) is 17.9 Å². The molecular formula is C17H31IN6O. The Hall–Kier alpha value is -1.32. The molecule has 1 amide bonds. The molecule has 8 heteroatoms. The van der Waals surface area contributed by atoms with Crippen molar-refractivity contribution in [2.45, 2.75) is 46.7 Å². The fraction of sp³-hybridized carbons (Fsp3) is 0.706. The van der Waals surface area contributed by atoms with E-state index in [4.69, 9.17) is 0 Å². The van der Waals surface area contributed by atoms with E-state index in [1.54, 1.807) is 0 Å². The van der Waals surface area contributed by atoms with Gasteiger partial charge in [-0.05, 0) is 25.7 Å². The summed E-state index contributed by atoms with van der Waals surface area (Å²) in [5.74, 6) is 2.29. The van der Waals surface area contributed by atoms with E-state index < -0.39 is 0 Å². The molecule has 142 valence electrons. The maximum atomic E-state index is 12.1.